The molecule has 1 atom stereocenters. The number of aromatic nitrogens is 2. The average molecular weight is 367 g/mol. The molecular weight excluding hydrogens is 348 g/mol. The molecule has 1 saturated heterocycles. The van der Waals surface area contributed by atoms with E-state index in [0.29, 0.717) is 17.9 Å². The summed E-state index contributed by atoms with van der Waals surface area (Å²) in [5.74, 6) is 0.408. The van der Waals surface area contributed by atoms with Gasteiger partial charge in [-0.05, 0) is 72.9 Å². The molecule has 0 saturated carbocycles. The predicted octanol–water partition coefficient (Wildman–Crippen LogP) is 2.59. The van der Waals surface area contributed by atoms with Crippen molar-refractivity contribution in [2.45, 2.75) is 25.8 Å². The van der Waals surface area contributed by atoms with Crippen molar-refractivity contribution in [1.29, 1.82) is 0 Å². The fourth-order valence-electron chi connectivity index (χ4n) is 2.83. The van der Waals surface area contributed by atoms with Gasteiger partial charge in [-0.15, -0.1) is 5.10 Å². The van der Waals surface area contributed by atoms with Crippen LogP contribution >= 0.6 is 15.9 Å². The molecule has 0 bridgehead atoms. The van der Waals surface area contributed by atoms with Crippen LogP contribution in [0, 0.1) is 5.92 Å². The average Bonchev–Trinajstić information content (AvgIpc) is 2.97. The van der Waals surface area contributed by atoms with Crippen LogP contribution in [0.15, 0.2) is 31.9 Å². The van der Waals surface area contributed by atoms with E-state index >= 15 is 0 Å². The number of H-pyrrole nitrogens is 1. The molecule has 0 aliphatic carbocycles. The lowest BCUT2D eigenvalue weighted by Gasteiger charge is -2.30. The Hall–Kier alpha value is -1.60. The fourth-order valence-corrected chi connectivity index (χ4v) is 3.19. The molecule has 22 heavy (non-hydrogen) atoms. The Balaban J connectivity index is 1.79. The molecule has 0 radical (unpaired) electrons. The summed E-state index contributed by atoms with van der Waals surface area (Å²) in [5.41, 5.74) is 1.75. The molecule has 0 spiro atoms. The van der Waals surface area contributed by atoms with Crippen LogP contribution in [0.4, 0.5) is 5.69 Å². The lowest BCUT2D eigenvalue weighted by Crippen LogP contribution is -2.36. The van der Waals surface area contributed by atoms with Gasteiger partial charge >= 0.3 is 5.76 Å². The van der Waals surface area contributed by atoms with E-state index < -0.39 is 5.76 Å². The summed E-state index contributed by atoms with van der Waals surface area (Å²) < 4.78 is 5.99. The van der Waals surface area contributed by atoms with Gasteiger partial charge in [0.1, 0.15) is 0 Å². The molecule has 118 valence electrons. The molecular formula is C15H19BrN4O2. The molecule has 0 unspecified atom stereocenters. The first-order valence-corrected chi connectivity index (χ1v) is 8.25. The molecule has 7 heteroatoms. The van der Waals surface area contributed by atoms with Crippen LogP contribution in [0.3, 0.4) is 0 Å². The zero-order valence-electron chi connectivity index (χ0n) is 12.4. The lowest BCUT2D eigenvalue weighted by atomic mass is 9.91. The number of nitrogens with one attached hydrogen (secondary N) is 3. The zero-order valence-corrected chi connectivity index (χ0v) is 13.9. The number of rotatable bonds is 4. The quantitative estimate of drug-likeness (QED) is 0.774. The number of hydrogen-bond donors (Lipinski definition) is 3. The van der Waals surface area contributed by atoms with Crippen molar-refractivity contribution in [3.8, 4) is 11.5 Å². The van der Waals surface area contributed by atoms with Gasteiger partial charge in [-0.2, -0.15) is 0 Å². The molecule has 0 amide bonds. The maximum atomic E-state index is 11.1. The van der Waals surface area contributed by atoms with Gasteiger partial charge in [0.15, 0.2) is 0 Å². The van der Waals surface area contributed by atoms with Crippen LogP contribution in [0.25, 0.3) is 11.5 Å². The topological polar surface area (TPSA) is 83.0 Å². The number of halogens is 1. The molecule has 1 aliphatic heterocycles. The zero-order chi connectivity index (χ0) is 15.5. The third kappa shape index (κ3) is 3.41. The van der Waals surface area contributed by atoms with E-state index in [2.05, 4.69) is 43.7 Å². The normalized spacial score (nSPS) is 17.4. The summed E-state index contributed by atoms with van der Waals surface area (Å²) in [5, 5.41) is 13.1. The Kier molecular flexibility index (Phi) is 4.63. The lowest BCUT2D eigenvalue weighted by molar-refractivity contribution is 0.343. The molecule has 1 fully saturated rings. The molecule has 1 aromatic carbocycles. The smallest absolute Gasteiger partial charge is 0.388 e. The van der Waals surface area contributed by atoms with Crippen LogP contribution in [0.2, 0.25) is 0 Å². The van der Waals surface area contributed by atoms with E-state index in [1.54, 1.807) is 0 Å². The van der Waals surface area contributed by atoms with Gasteiger partial charge in [0, 0.05) is 21.8 Å². The molecule has 6 nitrogen and oxygen atoms in total. The summed E-state index contributed by atoms with van der Waals surface area (Å²) in [6.45, 7) is 4.37. The van der Waals surface area contributed by atoms with Crippen molar-refractivity contribution < 1.29 is 4.42 Å². The minimum atomic E-state index is -0.546. The standard InChI is InChI=1S/C15H19BrN4O2/c1-9(10-4-6-17-7-5-10)18-13-8-11(2-3-12(13)16)14-19-20-15(21)22-14/h2-3,8-10,17-18H,4-7H2,1H3,(H,20,21)/t9-/m0/s1. The number of nitrogens with zero attached hydrogens (tertiary/aromatic N) is 1. The van der Waals surface area contributed by atoms with Gasteiger partial charge in [0.05, 0.1) is 0 Å². The van der Waals surface area contributed by atoms with Gasteiger partial charge in [-0.25, -0.2) is 9.89 Å². The van der Waals surface area contributed by atoms with Crippen molar-refractivity contribution in [3.63, 3.8) is 0 Å². The number of piperidine rings is 1. The highest BCUT2D eigenvalue weighted by Crippen LogP contribution is 2.30. The van der Waals surface area contributed by atoms with E-state index in [1.807, 2.05) is 18.2 Å². The highest BCUT2D eigenvalue weighted by molar-refractivity contribution is 9.10. The summed E-state index contributed by atoms with van der Waals surface area (Å²) in [7, 11) is 0. The van der Waals surface area contributed by atoms with Crippen molar-refractivity contribution in [3.05, 3.63) is 33.2 Å². The second-order valence-electron chi connectivity index (χ2n) is 5.63. The third-order valence-corrected chi connectivity index (χ3v) is 4.82. The Morgan fingerprint density at radius 2 is 2.18 bits per heavy atom. The number of benzene rings is 1. The second-order valence-corrected chi connectivity index (χ2v) is 6.49. The summed E-state index contributed by atoms with van der Waals surface area (Å²) in [6.07, 6.45) is 2.36. The minimum absolute atomic E-state index is 0.301. The number of hydrogen-bond acceptors (Lipinski definition) is 5. The monoisotopic (exact) mass is 366 g/mol. The Bertz CT molecular complexity index is 691. The first-order chi connectivity index (χ1) is 10.6. The molecule has 1 aromatic heterocycles. The number of anilines is 1. The van der Waals surface area contributed by atoms with Crippen molar-refractivity contribution in [2.24, 2.45) is 5.92 Å². The molecule has 2 heterocycles. The van der Waals surface area contributed by atoms with Crippen LogP contribution in [-0.4, -0.2) is 29.3 Å². The van der Waals surface area contributed by atoms with Crippen LogP contribution in [-0.2, 0) is 0 Å². The van der Waals surface area contributed by atoms with E-state index in [4.69, 9.17) is 4.42 Å². The summed E-state index contributed by atoms with van der Waals surface area (Å²) >= 11 is 3.57. The largest absolute Gasteiger partial charge is 0.434 e. The van der Waals surface area contributed by atoms with Gasteiger partial charge in [0.2, 0.25) is 5.89 Å². The highest BCUT2D eigenvalue weighted by atomic mass is 79.9. The third-order valence-electron chi connectivity index (χ3n) is 4.13. The van der Waals surface area contributed by atoms with E-state index in [0.717, 1.165) is 28.8 Å². The van der Waals surface area contributed by atoms with Crippen LogP contribution in [0.1, 0.15) is 19.8 Å². The van der Waals surface area contributed by atoms with Gasteiger partial charge in [-0.1, -0.05) is 0 Å². The number of aromatic amines is 1. The first kappa shape index (κ1) is 15.3. The first-order valence-electron chi connectivity index (χ1n) is 7.46. The van der Waals surface area contributed by atoms with Crippen LogP contribution in [0.5, 0.6) is 0 Å². The van der Waals surface area contributed by atoms with Crippen molar-refractivity contribution >= 4 is 21.6 Å². The summed E-state index contributed by atoms with van der Waals surface area (Å²) in [4.78, 5) is 11.1. The highest BCUT2D eigenvalue weighted by Gasteiger charge is 2.20. The SMILES string of the molecule is C[C@H](Nc1cc(-c2n[nH]c(=O)o2)ccc1Br)C1CCNCC1. The van der Waals surface area contributed by atoms with Crippen molar-refractivity contribution in [2.75, 3.05) is 18.4 Å². The van der Waals surface area contributed by atoms with Gasteiger partial charge in [0.25, 0.3) is 0 Å². The van der Waals surface area contributed by atoms with Gasteiger partial charge < -0.3 is 15.1 Å². The van der Waals surface area contributed by atoms with E-state index in [9.17, 15) is 4.79 Å². The summed E-state index contributed by atoms with van der Waals surface area (Å²) in [6, 6.07) is 6.12. The Morgan fingerprint density at radius 1 is 1.41 bits per heavy atom. The maximum Gasteiger partial charge on any atom is 0.434 e. The minimum Gasteiger partial charge on any atom is -0.388 e. The molecule has 2 aromatic rings. The maximum absolute atomic E-state index is 11.1. The Labute approximate surface area is 136 Å². The van der Waals surface area contributed by atoms with E-state index in [1.165, 1.54) is 12.8 Å². The fraction of sp³-hybridized carbons (Fsp3) is 0.467. The molecule has 1 aliphatic rings. The van der Waals surface area contributed by atoms with E-state index in [-0.39, 0.29) is 0 Å². The predicted molar refractivity (Wildman–Crippen MR) is 88.9 cm³/mol. The molecule has 3 N–H and O–H groups in total. The second kappa shape index (κ2) is 6.66. The molecule has 3 rings (SSSR count). The van der Waals surface area contributed by atoms with Gasteiger partial charge in [-0.3, -0.25) is 0 Å². The Morgan fingerprint density at radius 3 is 2.86 bits per heavy atom. The van der Waals surface area contributed by atoms with Crippen molar-refractivity contribution in [1.82, 2.24) is 15.5 Å². The van der Waals surface area contributed by atoms with Crippen LogP contribution < -0.4 is 16.4 Å².